The largest absolute Gasteiger partial charge is 0 e. The van der Waals surface area contributed by atoms with Gasteiger partial charge in [0.2, 0.25) is 0 Å². The summed E-state index contributed by atoms with van der Waals surface area (Å²) in [5.74, 6) is 7.45. The number of fused-ring (bicyclic) bond motifs is 4. The van der Waals surface area contributed by atoms with E-state index in [1.54, 1.807) is 23.5 Å². The zero-order chi connectivity index (χ0) is 40.6. The van der Waals surface area contributed by atoms with Crippen LogP contribution in [-0.2, 0) is 33.0 Å². The molecule has 9 aromatic rings. The van der Waals surface area contributed by atoms with E-state index in [0.29, 0.717) is 12.1 Å². The molecule has 4 heterocycles. The summed E-state index contributed by atoms with van der Waals surface area (Å²) in [6, 6.07) is 47.8. The molecule has 9 rings (SSSR count). The summed E-state index contributed by atoms with van der Waals surface area (Å²) in [5.41, 5.74) is 8.28. The van der Waals surface area contributed by atoms with Gasteiger partial charge in [-0.2, -0.15) is 11.3 Å². The Labute approximate surface area is 357 Å². The summed E-state index contributed by atoms with van der Waals surface area (Å²) < 4.78 is 36.4. The molecule has 57 heavy (non-hydrogen) atoms. The number of para-hydroxylation sites is 2. The maximum absolute atomic E-state index is 13.6. The molecule has 0 atom stereocenters. The molecule has 0 aliphatic heterocycles. The first-order valence-corrected chi connectivity index (χ1v) is 27.0. The van der Waals surface area contributed by atoms with E-state index in [2.05, 4.69) is 105 Å². The molecule has 1 radical (unpaired) electrons. The van der Waals surface area contributed by atoms with E-state index >= 15 is 0 Å². The first-order chi connectivity index (χ1) is 27.9. The van der Waals surface area contributed by atoms with Gasteiger partial charge < -0.3 is 4.57 Å². The van der Waals surface area contributed by atoms with Gasteiger partial charge in [0, 0.05) is 38.4 Å². The van der Waals surface area contributed by atoms with Crippen LogP contribution in [0, 0.1) is 23.9 Å². The van der Waals surface area contributed by atoms with E-state index < -0.39 is 19.6 Å². The average molecular weight is 1010 g/mol. The van der Waals surface area contributed by atoms with E-state index in [-0.39, 0.29) is 31.8 Å². The zero-order valence-corrected chi connectivity index (χ0v) is 37.8. The fourth-order valence-corrected chi connectivity index (χ4v) is 10.3. The summed E-state index contributed by atoms with van der Waals surface area (Å²) in [5, 5.41) is 2.28. The van der Waals surface area contributed by atoms with Gasteiger partial charge in [-0.1, -0.05) is 53.4 Å². The Morgan fingerprint density at radius 2 is 1.53 bits per heavy atom. The second-order valence-corrected chi connectivity index (χ2v) is 26.9. The standard InChI is InChI=1S/C31H19FN3S.C18H24GeN.Ir/c32-22-15-13-21(14-16-22)28-30-24(17-18-33-28)23-9-6-10-25(29(23)36-30)31-34-26-11-4-5-12-27(26)35(31)19-20-7-2-1-3-8-20;1-14(2)11-16-12-17(19(3,4)5)13-20-18(16)15-9-7-6-8-10-15;/h1-9,11-18H,19H2;6-9,12-14H,11H2,1-5H3;/q2*-1;/i;11D2;. The Morgan fingerprint density at radius 1 is 0.789 bits per heavy atom. The van der Waals surface area contributed by atoms with Crippen molar-refractivity contribution in [2.75, 3.05) is 0 Å². The van der Waals surface area contributed by atoms with Crippen LogP contribution in [0.5, 0.6) is 0 Å². The van der Waals surface area contributed by atoms with Crippen LogP contribution in [0.1, 0.15) is 27.7 Å². The molecule has 0 N–H and O–H groups in total. The van der Waals surface area contributed by atoms with E-state index in [9.17, 15) is 4.39 Å². The maximum atomic E-state index is 13.6. The number of hydrogen-bond acceptors (Lipinski definition) is 4. The molecule has 4 nitrogen and oxygen atoms in total. The van der Waals surface area contributed by atoms with Crippen molar-refractivity contribution in [2.24, 2.45) is 5.92 Å². The van der Waals surface area contributed by atoms with Crippen molar-refractivity contribution < 1.29 is 27.2 Å². The summed E-state index contributed by atoms with van der Waals surface area (Å²) in [6.07, 6.45) is 2.36. The van der Waals surface area contributed by atoms with Gasteiger partial charge in [0.05, 0.1) is 27.3 Å². The Bertz CT molecular complexity index is 2870. The second kappa shape index (κ2) is 17.4. The number of aromatic nitrogens is 4. The number of rotatable bonds is 8. The molecule has 5 aromatic carbocycles. The van der Waals surface area contributed by atoms with Crippen LogP contribution in [0.25, 0.3) is 65.1 Å². The molecule has 0 fully saturated rings. The van der Waals surface area contributed by atoms with Gasteiger partial charge in [-0.25, -0.2) is 4.39 Å². The van der Waals surface area contributed by atoms with Crippen LogP contribution in [-0.4, -0.2) is 32.8 Å². The molecule has 0 aliphatic carbocycles. The van der Waals surface area contributed by atoms with Gasteiger partial charge in [0.1, 0.15) is 5.82 Å². The van der Waals surface area contributed by atoms with Gasteiger partial charge in [-0.3, -0.25) is 9.97 Å². The number of thiophene rings is 1. The predicted molar refractivity (Wildman–Crippen MR) is 236 cm³/mol. The van der Waals surface area contributed by atoms with E-state index in [1.165, 1.54) is 22.1 Å². The van der Waals surface area contributed by atoms with E-state index in [0.717, 1.165) is 65.1 Å². The van der Waals surface area contributed by atoms with Crippen molar-refractivity contribution in [3.05, 3.63) is 169 Å². The second-order valence-electron chi connectivity index (χ2n) is 15.2. The van der Waals surface area contributed by atoms with Crippen molar-refractivity contribution in [1.29, 1.82) is 0 Å². The number of halogens is 1. The SMILES string of the molecule is Fc1ccc(-c2nccc3c2sc2c(-c4nc5ccccc5n4Cc4ccccc4)[c-]ccc23)cc1.[2H]C([2H])(c1c[c]([Ge]([CH3])([CH3])[CH3])cnc1-c1[c-]cccc1)C(C)C.[Ir]. The third-order valence-electron chi connectivity index (χ3n) is 9.69. The van der Waals surface area contributed by atoms with Crippen LogP contribution >= 0.6 is 11.3 Å². The fraction of sp³-hybridized carbons (Fsp3) is 0.163. The Morgan fingerprint density at radius 3 is 2.26 bits per heavy atom. The van der Waals surface area contributed by atoms with Crippen molar-refractivity contribution in [1.82, 2.24) is 19.5 Å². The minimum Gasteiger partial charge on any atom is 0 e. The van der Waals surface area contributed by atoms with E-state index in [1.807, 2.05) is 68.7 Å². The van der Waals surface area contributed by atoms with Gasteiger partial charge in [0.25, 0.3) is 0 Å². The molecule has 0 saturated carbocycles. The number of benzene rings is 5. The Hall–Kier alpha value is -4.79. The number of hydrogen-bond donors (Lipinski definition) is 0. The van der Waals surface area contributed by atoms with Crippen LogP contribution < -0.4 is 4.40 Å². The Balaban J connectivity index is 0.000000199. The quantitative estimate of drug-likeness (QED) is 0.113. The summed E-state index contributed by atoms with van der Waals surface area (Å²) in [7, 11) is 0. The predicted octanol–water partition coefficient (Wildman–Crippen LogP) is 12.4. The topological polar surface area (TPSA) is 43.6 Å². The number of pyridine rings is 2. The summed E-state index contributed by atoms with van der Waals surface area (Å²) >= 11 is -0.367. The van der Waals surface area contributed by atoms with Crippen LogP contribution in [0.15, 0.2) is 140 Å². The normalized spacial score (nSPS) is 12.3. The maximum Gasteiger partial charge on any atom is 0 e. The summed E-state index contributed by atoms with van der Waals surface area (Å²) in [6.45, 7) is 4.56. The molecule has 8 heteroatoms. The number of nitrogens with zero attached hydrogens (tertiary/aromatic N) is 4. The molecule has 0 aliphatic rings. The third-order valence-corrected chi connectivity index (χ3v) is 15.1. The molecule has 0 spiro atoms. The molecular weight excluding hydrogens is 960 g/mol. The average Bonchev–Trinajstić information content (AvgIpc) is 3.80. The molecule has 0 saturated heterocycles. The molecule has 0 unspecified atom stereocenters. The van der Waals surface area contributed by atoms with Crippen LogP contribution in [0.4, 0.5) is 4.39 Å². The van der Waals surface area contributed by atoms with Gasteiger partial charge in [0.15, 0.2) is 0 Å². The van der Waals surface area contributed by atoms with Crippen molar-refractivity contribution in [2.45, 2.75) is 44.0 Å². The third kappa shape index (κ3) is 8.73. The zero-order valence-electron chi connectivity index (χ0n) is 34.5. The van der Waals surface area contributed by atoms with E-state index in [4.69, 9.17) is 7.73 Å². The molecule has 0 amide bonds. The molecular formula is C49H43FGeIrN4S-2. The monoisotopic (exact) mass is 1010 g/mol. The van der Waals surface area contributed by atoms with Gasteiger partial charge in [-0.15, -0.1) is 18.2 Å². The van der Waals surface area contributed by atoms with Gasteiger partial charge >= 0.3 is 128 Å². The first kappa shape index (κ1) is 37.8. The molecule has 287 valence electrons. The van der Waals surface area contributed by atoms with Crippen molar-refractivity contribution in [3.8, 4) is 33.9 Å². The fourth-order valence-electron chi connectivity index (χ4n) is 6.89. The first-order valence-electron chi connectivity index (χ1n) is 19.9. The Kier molecular flexibility index (Phi) is 11.5. The molecule has 0 bridgehead atoms. The number of imidazole rings is 1. The van der Waals surface area contributed by atoms with Gasteiger partial charge in [-0.05, 0) is 58.1 Å². The van der Waals surface area contributed by atoms with Crippen molar-refractivity contribution in [3.63, 3.8) is 0 Å². The minimum absolute atomic E-state index is 0. The van der Waals surface area contributed by atoms with Crippen molar-refractivity contribution >= 4 is 60.2 Å². The molecule has 4 aromatic heterocycles. The smallest absolute Gasteiger partial charge is 0 e. The van der Waals surface area contributed by atoms with Crippen LogP contribution in [0.3, 0.4) is 0 Å². The van der Waals surface area contributed by atoms with Crippen LogP contribution in [0.2, 0.25) is 17.3 Å². The summed E-state index contributed by atoms with van der Waals surface area (Å²) in [4.78, 5) is 14.4. The minimum atomic E-state index is -2.06.